The minimum absolute atomic E-state index is 0.135. The van der Waals surface area contributed by atoms with Crippen LogP contribution < -0.4 is 5.32 Å². The highest BCUT2D eigenvalue weighted by Gasteiger charge is 2.00. The molecular weight excluding hydrogens is 224 g/mol. The molecule has 1 rings (SSSR count). The fourth-order valence-electron chi connectivity index (χ4n) is 1.32. The molecule has 0 saturated carbocycles. The Bertz CT molecular complexity index is 331. The van der Waals surface area contributed by atoms with Crippen molar-refractivity contribution in [2.24, 2.45) is 0 Å². The Morgan fingerprint density at radius 1 is 1.44 bits per heavy atom. The van der Waals surface area contributed by atoms with Gasteiger partial charge in [-0.1, -0.05) is 24.6 Å². The van der Waals surface area contributed by atoms with E-state index in [-0.39, 0.29) is 5.75 Å². The minimum Gasteiger partial charge on any atom is -0.506 e. The summed E-state index contributed by atoms with van der Waals surface area (Å²) < 4.78 is 0. The summed E-state index contributed by atoms with van der Waals surface area (Å²) in [6.45, 7) is 5.95. The fourth-order valence-corrected chi connectivity index (χ4v) is 1.52. The highest BCUT2D eigenvalue weighted by atomic mass is 35.5. The molecule has 0 aromatic heterocycles. The SMILES string of the molecule is CCN(C)CCNCc1ccc(O)c(Cl)c1. The molecule has 0 amide bonds. The second-order valence-electron chi connectivity index (χ2n) is 3.86. The number of benzene rings is 1. The van der Waals surface area contributed by atoms with Crippen molar-refractivity contribution in [1.82, 2.24) is 10.2 Å². The number of halogens is 1. The van der Waals surface area contributed by atoms with E-state index in [9.17, 15) is 5.11 Å². The lowest BCUT2D eigenvalue weighted by atomic mass is 10.2. The summed E-state index contributed by atoms with van der Waals surface area (Å²) >= 11 is 5.81. The average molecular weight is 243 g/mol. The monoisotopic (exact) mass is 242 g/mol. The summed E-state index contributed by atoms with van der Waals surface area (Å²) in [5, 5.41) is 13.0. The maximum atomic E-state index is 9.26. The molecule has 0 atom stereocenters. The van der Waals surface area contributed by atoms with Crippen molar-refractivity contribution in [2.45, 2.75) is 13.5 Å². The van der Waals surface area contributed by atoms with Gasteiger partial charge in [0.05, 0.1) is 5.02 Å². The molecule has 1 aromatic carbocycles. The van der Waals surface area contributed by atoms with Crippen molar-refractivity contribution in [3.05, 3.63) is 28.8 Å². The van der Waals surface area contributed by atoms with Crippen molar-refractivity contribution in [3.8, 4) is 5.75 Å². The maximum absolute atomic E-state index is 9.26. The lowest BCUT2D eigenvalue weighted by molar-refractivity contribution is 0.349. The molecule has 0 unspecified atom stereocenters. The summed E-state index contributed by atoms with van der Waals surface area (Å²) in [6.07, 6.45) is 0. The van der Waals surface area contributed by atoms with E-state index in [1.165, 1.54) is 0 Å². The van der Waals surface area contributed by atoms with Crippen LogP contribution in [0.2, 0.25) is 5.02 Å². The molecule has 1 aromatic rings. The van der Waals surface area contributed by atoms with E-state index < -0.39 is 0 Å². The summed E-state index contributed by atoms with van der Waals surface area (Å²) in [7, 11) is 2.10. The minimum atomic E-state index is 0.135. The van der Waals surface area contributed by atoms with Crippen molar-refractivity contribution in [3.63, 3.8) is 0 Å². The van der Waals surface area contributed by atoms with Crippen LogP contribution in [-0.4, -0.2) is 36.7 Å². The van der Waals surface area contributed by atoms with Crippen molar-refractivity contribution in [1.29, 1.82) is 0 Å². The molecule has 0 radical (unpaired) electrons. The van der Waals surface area contributed by atoms with Crippen LogP contribution in [0.4, 0.5) is 0 Å². The Labute approximate surface area is 102 Å². The van der Waals surface area contributed by atoms with E-state index in [1.54, 1.807) is 12.1 Å². The second-order valence-corrected chi connectivity index (χ2v) is 4.27. The van der Waals surface area contributed by atoms with Gasteiger partial charge in [0.15, 0.2) is 0 Å². The van der Waals surface area contributed by atoms with Crippen LogP contribution >= 0.6 is 11.6 Å². The quantitative estimate of drug-likeness (QED) is 0.750. The Morgan fingerprint density at radius 2 is 2.19 bits per heavy atom. The number of nitrogens with zero attached hydrogens (tertiary/aromatic N) is 1. The highest BCUT2D eigenvalue weighted by molar-refractivity contribution is 6.32. The van der Waals surface area contributed by atoms with Gasteiger partial charge in [0, 0.05) is 19.6 Å². The number of rotatable bonds is 6. The van der Waals surface area contributed by atoms with Crippen LogP contribution in [0.3, 0.4) is 0 Å². The Morgan fingerprint density at radius 3 is 2.81 bits per heavy atom. The summed E-state index contributed by atoms with van der Waals surface area (Å²) in [5.74, 6) is 0.135. The van der Waals surface area contributed by atoms with Gasteiger partial charge in [0.1, 0.15) is 5.75 Å². The third-order valence-corrected chi connectivity index (χ3v) is 2.85. The normalized spacial score (nSPS) is 11.0. The molecule has 0 aliphatic carbocycles. The Kier molecular flexibility index (Phi) is 5.60. The average Bonchev–Trinajstić information content (AvgIpc) is 2.28. The van der Waals surface area contributed by atoms with Crippen LogP contribution in [0.15, 0.2) is 18.2 Å². The molecule has 4 heteroatoms. The van der Waals surface area contributed by atoms with Gasteiger partial charge in [-0.05, 0) is 31.3 Å². The van der Waals surface area contributed by atoms with Crippen LogP contribution in [0.5, 0.6) is 5.75 Å². The maximum Gasteiger partial charge on any atom is 0.134 e. The van der Waals surface area contributed by atoms with Crippen LogP contribution in [-0.2, 0) is 6.54 Å². The number of hydrogen-bond acceptors (Lipinski definition) is 3. The van der Waals surface area contributed by atoms with Gasteiger partial charge in [0.25, 0.3) is 0 Å². The zero-order chi connectivity index (χ0) is 12.0. The molecule has 0 aliphatic heterocycles. The lowest BCUT2D eigenvalue weighted by Gasteiger charge is -2.14. The van der Waals surface area contributed by atoms with E-state index in [0.29, 0.717) is 5.02 Å². The number of nitrogens with one attached hydrogen (secondary N) is 1. The molecule has 0 heterocycles. The van der Waals surface area contributed by atoms with E-state index in [2.05, 4.69) is 24.2 Å². The molecule has 2 N–H and O–H groups in total. The van der Waals surface area contributed by atoms with E-state index in [0.717, 1.165) is 31.7 Å². The molecule has 0 spiro atoms. The van der Waals surface area contributed by atoms with Crippen molar-refractivity contribution < 1.29 is 5.11 Å². The van der Waals surface area contributed by atoms with E-state index in [1.807, 2.05) is 6.07 Å². The summed E-state index contributed by atoms with van der Waals surface area (Å²) in [5.41, 5.74) is 1.09. The number of phenolic OH excluding ortho intramolecular Hbond substituents is 1. The molecule has 0 saturated heterocycles. The standard InChI is InChI=1S/C12H19ClN2O/c1-3-15(2)7-6-14-9-10-4-5-12(16)11(13)8-10/h4-5,8,14,16H,3,6-7,9H2,1-2H3. The van der Waals surface area contributed by atoms with E-state index in [4.69, 9.17) is 11.6 Å². The van der Waals surface area contributed by atoms with Crippen LogP contribution in [0.25, 0.3) is 0 Å². The largest absolute Gasteiger partial charge is 0.506 e. The second kappa shape index (κ2) is 6.74. The molecule has 0 bridgehead atoms. The fraction of sp³-hybridized carbons (Fsp3) is 0.500. The first-order valence-corrected chi connectivity index (χ1v) is 5.88. The van der Waals surface area contributed by atoms with Gasteiger partial charge >= 0.3 is 0 Å². The van der Waals surface area contributed by atoms with Crippen molar-refractivity contribution >= 4 is 11.6 Å². The number of hydrogen-bond donors (Lipinski definition) is 2. The number of phenols is 1. The molecule has 0 aliphatic rings. The lowest BCUT2D eigenvalue weighted by Crippen LogP contribution is -2.28. The first kappa shape index (κ1) is 13.3. The van der Waals surface area contributed by atoms with Gasteiger partial charge in [-0.25, -0.2) is 0 Å². The Hall–Kier alpha value is -0.770. The Balaban J connectivity index is 2.29. The van der Waals surface area contributed by atoms with Gasteiger partial charge < -0.3 is 15.3 Å². The smallest absolute Gasteiger partial charge is 0.134 e. The predicted molar refractivity (Wildman–Crippen MR) is 68.0 cm³/mol. The number of likely N-dealkylation sites (N-methyl/N-ethyl adjacent to an activating group) is 1. The highest BCUT2D eigenvalue weighted by Crippen LogP contribution is 2.23. The van der Waals surface area contributed by atoms with Gasteiger partial charge in [-0.3, -0.25) is 0 Å². The predicted octanol–water partition coefficient (Wildman–Crippen LogP) is 2.09. The third-order valence-electron chi connectivity index (χ3n) is 2.55. The van der Waals surface area contributed by atoms with Gasteiger partial charge in [-0.2, -0.15) is 0 Å². The molecule has 3 nitrogen and oxygen atoms in total. The zero-order valence-electron chi connectivity index (χ0n) is 9.83. The first-order valence-electron chi connectivity index (χ1n) is 5.50. The molecular formula is C12H19ClN2O. The molecule has 16 heavy (non-hydrogen) atoms. The van der Waals surface area contributed by atoms with Gasteiger partial charge in [0.2, 0.25) is 0 Å². The van der Waals surface area contributed by atoms with Crippen LogP contribution in [0.1, 0.15) is 12.5 Å². The molecule has 0 fully saturated rings. The number of aromatic hydroxyl groups is 1. The molecule has 90 valence electrons. The van der Waals surface area contributed by atoms with Crippen molar-refractivity contribution in [2.75, 3.05) is 26.7 Å². The zero-order valence-corrected chi connectivity index (χ0v) is 10.6. The topological polar surface area (TPSA) is 35.5 Å². The van der Waals surface area contributed by atoms with E-state index >= 15 is 0 Å². The van der Waals surface area contributed by atoms with Gasteiger partial charge in [-0.15, -0.1) is 0 Å². The summed E-state index contributed by atoms with van der Waals surface area (Å²) in [4.78, 5) is 2.25. The van der Waals surface area contributed by atoms with Crippen LogP contribution in [0, 0.1) is 0 Å². The first-order chi connectivity index (χ1) is 7.63. The summed E-state index contributed by atoms with van der Waals surface area (Å²) in [6, 6.07) is 5.28. The third kappa shape index (κ3) is 4.39.